The molecule has 3 aromatic rings. The Hall–Kier alpha value is -1.64. The molecule has 0 unspecified atom stereocenters. The summed E-state index contributed by atoms with van der Waals surface area (Å²) in [4.78, 5) is 20.0. The van der Waals surface area contributed by atoms with E-state index in [0.29, 0.717) is 16.3 Å². The highest BCUT2D eigenvalue weighted by molar-refractivity contribution is 8.00. The number of aromatic carboxylic acids is 1. The first-order chi connectivity index (χ1) is 10.1. The maximum absolute atomic E-state index is 11.0. The monoisotopic (exact) mass is 338 g/mol. The molecule has 0 fully saturated rings. The van der Waals surface area contributed by atoms with E-state index >= 15 is 0 Å². The van der Waals surface area contributed by atoms with Gasteiger partial charge in [-0.1, -0.05) is 11.8 Å². The normalized spacial score (nSPS) is 10.9. The largest absolute Gasteiger partial charge is 0.477 e. The number of rotatable bonds is 5. The first kappa shape index (κ1) is 14.3. The van der Waals surface area contributed by atoms with Crippen LogP contribution in [0.15, 0.2) is 32.5 Å². The van der Waals surface area contributed by atoms with Gasteiger partial charge in [-0.2, -0.15) is 0 Å². The average molecular weight is 338 g/mol. The summed E-state index contributed by atoms with van der Waals surface area (Å²) in [6, 6.07) is 3.70. The molecule has 3 aromatic heterocycles. The SMILES string of the molecule is Cc1nc(SCc2csc(-c3ccco3)n2)sc1C(=O)O. The van der Waals surface area contributed by atoms with Crippen LogP contribution in [0.5, 0.6) is 0 Å². The Kier molecular flexibility index (Phi) is 4.09. The van der Waals surface area contributed by atoms with E-state index < -0.39 is 5.97 Å². The average Bonchev–Trinajstić information content (AvgIpc) is 3.16. The van der Waals surface area contributed by atoms with Crippen molar-refractivity contribution in [1.29, 1.82) is 0 Å². The van der Waals surface area contributed by atoms with Gasteiger partial charge in [-0.05, 0) is 19.1 Å². The van der Waals surface area contributed by atoms with E-state index in [9.17, 15) is 4.79 Å². The fourth-order valence-electron chi connectivity index (χ4n) is 1.65. The molecule has 5 nitrogen and oxygen atoms in total. The van der Waals surface area contributed by atoms with Crippen LogP contribution in [-0.2, 0) is 5.75 Å². The Morgan fingerprint density at radius 3 is 3.00 bits per heavy atom. The van der Waals surface area contributed by atoms with Crippen molar-refractivity contribution in [3.8, 4) is 10.8 Å². The number of carbonyl (C=O) groups is 1. The number of aryl methyl sites for hydroxylation is 1. The lowest BCUT2D eigenvalue weighted by Gasteiger charge is -1.93. The quantitative estimate of drug-likeness (QED) is 0.704. The first-order valence-corrected chi connectivity index (χ1v) is 8.63. The molecule has 3 heterocycles. The zero-order valence-corrected chi connectivity index (χ0v) is 13.3. The second-order valence-corrected chi connectivity index (χ2v) is 7.19. The van der Waals surface area contributed by atoms with Gasteiger partial charge < -0.3 is 9.52 Å². The van der Waals surface area contributed by atoms with Gasteiger partial charge in [0.1, 0.15) is 4.88 Å². The van der Waals surface area contributed by atoms with Crippen LogP contribution in [0.25, 0.3) is 10.8 Å². The standard InChI is InChI=1S/C13H10N2O3S3/c1-7-10(12(16)17)21-13(14-7)20-6-8-5-19-11(15-8)9-3-2-4-18-9/h2-5H,6H2,1H3,(H,16,17). The third kappa shape index (κ3) is 3.17. The fourth-order valence-corrected chi connectivity index (χ4v) is 4.47. The van der Waals surface area contributed by atoms with Crippen molar-refractivity contribution in [2.75, 3.05) is 0 Å². The molecule has 0 bridgehead atoms. The number of carboxylic acids is 1. The van der Waals surface area contributed by atoms with E-state index in [1.165, 1.54) is 34.4 Å². The summed E-state index contributed by atoms with van der Waals surface area (Å²) in [5.41, 5.74) is 1.49. The number of hydrogen-bond acceptors (Lipinski definition) is 7. The van der Waals surface area contributed by atoms with Crippen molar-refractivity contribution >= 4 is 40.4 Å². The van der Waals surface area contributed by atoms with Crippen LogP contribution < -0.4 is 0 Å². The molecule has 3 rings (SSSR count). The number of aromatic nitrogens is 2. The van der Waals surface area contributed by atoms with Crippen molar-refractivity contribution in [2.24, 2.45) is 0 Å². The van der Waals surface area contributed by atoms with Gasteiger partial charge in [0.15, 0.2) is 15.1 Å². The van der Waals surface area contributed by atoms with Crippen molar-refractivity contribution < 1.29 is 14.3 Å². The van der Waals surface area contributed by atoms with Gasteiger partial charge in [0.2, 0.25) is 0 Å². The van der Waals surface area contributed by atoms with Crippen molar-refractivity contribution in [1.82, 2.24) is 9.97 Å². The van der Waals surface area contributed by atoms with Crippen LogP contribution in [0.1, 0.15) is 21.1 Å². The topological polar surface area (TPSA) is 76.2 Å². The lowest BCUT2D eigenvalue weighted by atomic mass is 10.4. The van der Waals surface area contributed by atoms with E-state index in [0.717, 1.165) is 20.8 Å². The molecule has 8 heteroatoms. The highest BCUT2D eigenvalue weighted by atomic mass is 32.2. The smallest absolute Gasteiger partial charge is 0.347 e. The van der Waals surface area contributed by atoms with E-state index in [4.69, 9.17) is 9.52 Å². The maximum atomic E-state index is 11.0. The van der Waals surface area contributed by atoms with E-state index in [1.54, 1.807) is 13.2 Å². The van der Waals surface area contributed by atoms with Crippen molar-refractivity contribution in [3.63, 3.8) is 0 Å². The second kappa shape index (κ2) is 6.00. The number of carboxylic acid groups (broad SMARTS) is 1. The number of thioether (sulfide) groups is 1. The van der Waals surface area contributed by atoms with E-state index in [2.05, 4.69) is 9.97 Å². The van der Waals surface area contributed by atoms with Gasteiger partial charge in [0.25, 0.3) is 0 Å². The fraction of sp³-hybridized carbons (Fsp3) is 0.154. The molecule has 0 atom stereocenters. The van der Waals surface area contributed by atoms with Crippen LogP contribution in [0.4, 0.5) is 0 Å². The summed E-state index contributed by atoms with van der Waals surface area (Å²) in [6.07, 6.45) is 1.62. The summed E-state index contributed by atoms with van der Waals surface area (Å²) in [6.45, 7) is 1.71. The van der Waals surface area contributed by atoms with Gasteiger partial charge in [0, 0.05) is 11.1 Å². The first-order valence-electron chi connectivity index (χ1n) is 5.95. The van der Waals surface area contributed by atoms with Gasteiger partial charge in [-0.3, -0.25) is 0 Å². The van der Waals surface area contributed by atoms with Gasteiger partial charge in [0.05, 0.1) is 17.7 Å². The van der Waals surface area contributed by atoms with Gasteiger partial charge in [-0.25, -0.2) is 14.8 Å². The van der Waals surface area contributed by atoms with Crippen molar-refractivity contribution in [3.05, 3.63) is 40.0 Å². The van der Waals surface area contributed by atoms with Crippen LogP contribution in [0.3, 0.4) is 0 Å². The zero-order valence-electron chi connectivity index (χ0n) is 10.9. The molecule has 0 aliphatic rings. The zero-order chi connectivity index (χ0) is 14.8. The predicted molar refractivity (Wildman–Crippen MR) is 83.2 cm³/mol. The molecule has 0 aromatic carbocycles. The summed E-state index contributed by atoms with van der Waals surface area (Å²) in [5.74, 6) is 0.489. The minimum Gasteiger partial charge on any atom is -0.477 e. The summed E-state index contributed by atoms with van der Waals surface area (Å²) in [5, 5.41) is 11.8. The molecule has 108 valence electrons. The molecule has 0 saturated carbocycles. The Morgan fingerprint density at radius 2 is 2.33 bits per heavy atom. The minimum atomic E-state index is -0.925. The number of furan rings is 1. The van der Waals surface area contributed by atoms with Gasteiger partial charge in [-0.15, -0.1) is 22.7 Å². The maximum Gasteiger partial charge on any atom is 0.347 e. The minimum absolute atomic E-state index is 0.298. The van der Waals surface area contributed by atoms with E-state index in [1.807, 2.05) is 17.5 Å². The number of nitrogens with zero attached hydrogens (tertiary/aromatic N) is 2. The Labute approximate surface area is 132 Å². The van der Waals surface area contributed by atoms with Crippen LogP contribution >= 0.6 is 34.4 Å². The van der Waals surface area contributed by atoms with Crippen LogP contribution in [-0.4, -0.2) is 21.0 Å². The highest BCUT2D eigenvalue weighted by Crippen LogP contribution is 2.31. The van der Waals surface area contributed by atoms with Gasteiger partial charge >= 0.3 is 5.97 Å². The molecule has 0 spiro atoms. The predicted octanol–water partition coefficient (Wildman–Crippen LogP) is 4.16. The summed E-state index contributed by atoms with van der Waals surface area (Å²) < 4.78 is 6.05. The van der Waals surface area contributed by atoms with Crippen molar-refractivity contribution in [2.45, 2.75) is 17.0 Å². The molecular weight excluding hydrogens is 328 g/mol. The summed E-state index contributed by atoms with van der Waals surface area (Å²) in [7, 11) is 0. The molecule has 0 aliphatic heterocycles. The van der Waals surface area contributed by atoms with Crippen LogP contribution in [0, 0.1) is 6.92 Å². The molecule has 0 aliphatic carbocycles. The Bertz CT molecular complexity index is 762. The summed E-state index contributed by atoms with van der Waals surface area (Å²) >= 11 is 4.22. The third-order valence-electron chi connectivity index (χ3n) is 2.60. The number of thiazole rings is 2. The lowest BCUT2D eigenvalue weighted by Crippen LogP contribution is -1.94. The lowest BCUT2D eigenvalue weighted by molar-refractivity contribution is 0.0701. The second-order valence-electron chi connectivity index (χ2n) is 4.11. The molecule has 0 saturated heterocycles. The molecular formula is C13H10N2O3S3. The molecule has 21 heavy (non-hydrogen) atoms. The Balaban J connectivity index is 1.68. The number of hydrogen-bond donors (Lipinski definition) is 1. The third-order valence-corrected chi connectivity index (χ3v) is 5.83. The highest BCUT2D eigenvalue weighted by Gasteiger charge is 2.15. The molecule has 0 radical (unpaired) electrons. The Morgan fingerprint density at radius 1 is 1.48 bits per heavy atom. The van der Waals surface area contributed by atoms with Crippen LogP contribution in [0.2, 0.25) is 0 Å². The molecule has 1 N–H and O–H groups in total. The molecule has 0 amide bonds. The van der Waals surface area contributed by atoms with E-state index in [-0.39, 0.29) is 0 Å².